The van der Waals surface area contributed by atoms with Gasteiger partial charge in [-0.05, 0) is 30.0 Å². The number of carboxylic acids is 1. The number of aromatic nitrogens is 2. The maximum atomic E-state index is 12.7. The van der Waals surface area contributed by atoms with E-state index in [1.54, 1.807) is 36.6 Å². The molecule has 3 N–H and O–H groups in total. The van der Waals surface area contributed by atoms with Gasteiger partial charge in [-0.2, -0.15) is 8.75 Å². The standard InChI is InChI=1S/C15H14N4O4S3/c1-2-8(15(21)22)16-14(20)13-10(6-7-24-13)19-26(23)11-5-3-4-9-12(11)18-25-17-9/h3-8,19H,2H2,1H3,(H,16,20)(H,21,22)/t8-,26?/m0/s1. The van der Waals surface area contributed by atoms with Crippen LogP contribution in [0.5, 0.6) is 0 Å². The maximum absolute atomic E-state index is 12.7. The smallest absolute Gasteiger partial charge is 0.326 e. The van der Waals surface area contributed by atoms with E-state index in [-0.39, 0.29) is 11.3 Å². The largest absolute Gasteiger partial charge is 0.480 e. The first-order chi connectivity index (χ1) is 12.5. The van der Waals surface area contributed by atoms with Gasteiger partial charge in [0.15, 0.2) is 11.0 Å². The average molecular weight is 411 g/mol. The first-order valence-electron chi connectivity index (χ1n) is 7.52. The fourth-order valence-electron chi connectivity index (χ4n) is 2.21. The highest BCUT2D eigenvalue weighted by Crippen LogP contribution is 2.26. The number of fused-ring (bicyclic) bond motifs is 1. The monoisotopic (exact) mass is 410 g/mol. The minimum Gasteiger partial charge on any atom is -0.480 e. The molecule has 11 heteroatoms. The summed E-state index contributed by atoms with van der Waals surface area (Å²) >= 11 is 2.17. The van der Waals surface area contributed by atoms with Gasteiger partial charge in [0.2, 0.25) is 0 Å². The molecule has 1 aromatic carbocycles. The van der Waals surface area contributed by atoms with Crippen LogP contribution in [0.15, 0.2) is 34.5 Å². The molecule has 0 aliphatic heterocycles. The molecule has 2 aromatic heterocycles. The highest BCUT2D eigenvalue weighted by atomic mass is 32.2. The lowest BCUT2D eigenvalue weighted by Crippen LogP contribution is -2.40. The van der Waals surface area contributed by atoms with Gasteiger partial charge in [0.05, 0.1) is 22.3 Å². The molecule has 3 rings (SSSR count). The van der Waals surface area contributed by atoms with Gasteiger partial charge >= 0.3 is 5.97 Å². The number of carboxylic acid groups (broad SMARTS) is 1. The zero-order valence-corrected chi connectivity index (χ0v) is 15.9. The van der Waals surface area contributed by atoms with Crippen molar-refractivity contribution in [2.24, 2.45) is 0 Å². The minimum atomic E-state index is -1.65. The second kappa shape index (κ2) is 7.89. The highest BCUT2D eigenvalue weighted by Gasteiger charge is 2.22. The number of rotatable bonds is 7. The maximum Gasteiger partial charge on any atom is 0.326 e. The lowest BCUT2D eigenvalue weighted by atomic mass is 10.2. The number of hydrogen-bond donors (Lipinski definition) is 3. The lowest BCUT2D eigenvalue weighted by Gasteiger charge is -2.13. The molecule has 0 radical (unpaired) electrons. The molecule has 136 valence electrons. The Balaban J connectivity index is 1.80. The first kappa shape index (κ1) is 18.4. The Labute approximate surface area is 159 Å². The van der Waals surface area contributed by atoms with Gasteiger partial charge in [-0.15, -0.1) is 11.3 Å². The molecule has 0 fully saturated rings. The Morgan fingerprint density at radius 1 is 1.31 bits per heavy atom. The van der Waals surface area contributed by atoms with Crippen LogP contribution in [-0.2, 0) is 15.8 Å². The quantitative estimate of drug-likeness (QED) is 0.550. The number of benzene rings is 1. The molecular weight excluding hydrogens is 396 g/mol. The molecule has 3 aromatic rings. The molecule has 1 amide bonds. The number of anilines is 1. The number of nitrogens with zero attached hydrogens (tertiary/aromatic N) is 2. The second-order valence-corrected chi connectivity index (χ2v) is 7.82. The zero-order chi connectivity index (χ0) is 18.7. The normalized spacial score (nSPS) is 13.3. The summed E-state index contributed by atoms with van der Waals surface area (Å²) in [5, 5.41) is 13.2. The van der Waals surface area contributed by atoms with Gasteiger partial charge in [-0.1, -0.05) is 13.0 Å². The number of nitrogens with one attached hydrogen (secondary N) is 2. The van der Waals surface area contributed by atoms with Crippen molar-refractivity contribution in [2.45, 2.75) is 24.3 Å². The molecule has 8 nitrogen and oxygen atoms in total. The topological polar surface area (TPSA) is 121 Å². The van der Waals surface area contributed by atoms with Gasteiger partial charge in [-0.3, -0.25) is 9.52 Å². The van der Waals surface area contributed by atoms with Crippen LogP contribution >= 0.6 is 23.1 Å². The third kappa shape index (κ3) is 3.74. The summed E-state index contributed by atoms with van der Waals surface area (Å²) < 4.78 is 23.8. The Kier molecular flexibility index (Phi) is 5.59. The van der Waals surface area contributed by atoms with Gasteiger partial charge < -0.3 is 10.4 Å². The molecule has 26 heavy (non-hydrogen) atoms. The summed E-state index contributed by atoms with van der Waals surface area (Å²) in [5.41, 5.74) is 1.56. The number of carbonyl (C=O) groups excluding carboxylic acids is 1. The molecule has 0 aliphatic carbocycles. The molecule has 0 bridgehead atoms. The third-order valence-electron chi connectivity index (χ3n) is 3.53. The van der Waals surface area contributed by atoms with Crippen molar-refractivity contribution in [1.82, 2.24) is 14.1 Å². The van der Waals surface area contributed by atoms with Crippen molar-refractivity contribution in [3.8, 4) is 0 Å². The summed E-state index contributed by atoms with van der Waals surface area (Å²) in [6.07, 6.45) is 0.264. The van der Waals surface area contributed by atoms with Crippen molar-refractivity contribution in [2.75, 3.05) is 4.72 Å². The van der Waals surface area contributed by atoms with E-state index >= 15 is 0 Å². The van der Waals surface area contributed by atoms with Crippen molar-refractivity contribution in [1.29, 1.82) is 0 Å². The number of carbonyl (C=O) groups is 2. The number of hydrogen-bond acceptors (Lipinski definition) is 7. The average Bonchev–Trinajstić information content (AvgIpc) is 3.27. The van der Waals surface area contributed by atoms with Crippen LogP contribution in [0.2, 0.25) is 0 Å². The van der Waals surface area contributed by atoms with E-state index in [2.05, 4.69) is 18.8 Å². The van der Waals surface area contributed by atoms with E-state index in [1.165, 1.54) is 0 Å². The molecule has 2 atom stereocenters. The third-order valence-corrected chi connectivity index (χ3v) is 6.12. The molecule has 0 saturated carbocycles. The van der Waals surface area contributed by atoms with Crippen LogP contribution < -0.4 is 10.0 Å². The summed E-state index contributed by atoms with van der Waals surface area (Å²) in [4.78, 5) is 24.2. The fraction of sp³-hybridized carbons (Fsp3) is 0.200. The fourth-order valence-corrected chi connectivity index (χ4v) is 4.65. The van der Waals surface area contributed by atoms with E-state index in [4.69, 9.17) is 5.11 Å². The van der Waals surface area contributed by atoms with E-state index in [9.17, 15) is 13.8 Å². The molecule has 2 heterocycles. The highest BCUT2D eigenvalue weighted by molar-refractivity contribution is 7.86. The van der Waals surface area contributed by atoms with Crippen LogP contribution in [0.1, 0.15) is 23.0 Å². The Morgan fingerprint density at radius 2 is 2.12 bits per heavy atom. The van der Waals surface area contributed by atoms with Crippen molar-refractivity contribution < 1.29 is 18.9 Å². The Morgan fingerprint density at radius 3 is 2.85 bits per heavy atom. The van der Waals surface area contributed by atoms with Gasteiger partial charge in [0.25, 0.3) is 5.91 Å². The predicted molar refractivity (Wildman–Crippen MR) is 101 cm³/mol. The Hall–Kier alpha value is -2.37. The summed E-state index contributed by atoms with van der Waals surface area (Å²) in [6.45, 7) is 1.67. The van der Waals surface area contributed by atoms with E-state index in [0.717, 1.165) is 23.1 Å². The SMILES string of the molecule is CC[C@H](NC(=O)c1sccc1NS(=O)c1cccc2nsnc12)C(=O)O. The first-order valence-corrected chi connectivity index (χ1v) is 10.3. The van der Waals surface area contributed by atoms with Crippen LogP contribution in [0, 0.1) is 0 Å². The molecule has 0 aliphatic rings. The van der Waals surface area contributed by atoms with Crippen molar-refractivity contribution in [3.63, 3.8) is 0 Å². The predicted octanol–water partition coefficient (Wildman–Crippen LogP) is 2.48. The molecule has 0 spiro atoms. The number of thiophene rings is 1. The lowest BCUT2D eigenvalue weighted by molar-refractivity contribution is -0.139. The van der Waals surface area contributed by atoms with Crippen LogP contribution in [0.4, 0.5) is 5.69 Å². The summed E-state index contributed by atoms with van der Waals surface area (Å²) in [5.74, 6) is -1.62. The van der Waals surface area contributed by atoms with Crippen LogP contribution in [-0.4, -0.2) is 36.0 Å². The molecular formula is C15H14N4O4S3. The molecule has 0 saturated heterocycles. The van der Waals surface area contributed by atoms with E-state index < -0.39 is 28.9 Å². The molecule has 1 unspecified atom stereocenters. The number of aliphatic carboxylic acids is 1. The summed E-state index contributed by atoms with van der Waals surface area (Å²) in [7, 11) is -1.65. The van der Waals surface area contributed by atoms with Gasteiger partial charge in [0.1, 0.15) is 22.0 Å². The van der Waals surface area contributed by atoms with Crippen LogP contribution in [0.3, 0.4) is 0 Å². The van der Waals surface area contributed by atoms with Gasteiger partial charge in [0, 0.05) is 0 Å². The van der Waals surface area contributed by atoms with E-state index in [1.807, 2.05) is 0 Å². The van der Waals surface area contributed by atoms with Crippen molar-refractivity contribution >= 4 is 62.6 Å². The second-order valence-electron chi connectivity index (χ2n) is 5.19. The van der Waals surface area contributed by atoms with Crippen molar-refractivity contribution in [3.05, 3.63) is 34.5 Å². The van der Waals surface area contributed by atoms with Gasteiger partial charge in [-0.25, -0.2) is 9.00 Å². The number of amides is 1. The van der Waals surface area contributed by atoms with E-state index in [0.29, 0.717) is 21.6 Å². The Bertz CT molecular complexity index is 984. The summed E-state index contributed by atoms with van der Waals surface area (Å²) in [6, 6.07) is 5.84. The minimum absolute atomic E-state index is 0.264. The zero-order valence-electron chi connectivity index (χ0n) is 13.5. The van der Waals surface area contributed by atoms with Crippen LogP contribution in [0.25, 0.3) is 11.0 Å².